The van der Waals surface area contributed by atoms with Crippen molar-refractivity contribution >= 4 is 0 Å². The highest BCUT2D eigenvalue weighted by molar-refractivity contribution is 5.83. The zero-order valence-corrected chi connectivity index (χ0v) is 34.6. The molecule has 8 heteroatoms. The predicted molar refractivity (Wildman–Crippen MR) is 222 cm³/mol. The molecule has 0 bridgehead atoms. The van der Waals surface area contributed by atoms with Gasteiger partial charge in [-0.1, -0.05) is 59.4 Å². The number of aromatic hydroxyl groups is 2. The molecule has 0 amide bonds. The van der Waals surface area contributed by atoms with Crippen LogP contribution in [-0.2, 0) is 19.3 Å². The summed E-state index contributed by atoms with van der Waals surface area (Å²) in [7, 11) is 1.70. The van der Waals surface area contributed by atoms with Crippen molar-refractivity contribution in [3.05, 3.63) is 64.2 Å². The van der Waals surface area contributed by atoms with Crippen LogP contribution in [0.1, 0.15) is 145 Å². The Balaban J connectivity index is 1.37. The summed E-state index contributed by atoms with van der Waals surface area (Å²) in [6.45, 7) is 9.30. The first-order valence-electron chi connectivity index (χ1n) is 21.7. The van der Waals surface area contributed by atoms with Crippen LogP contribution in [-0.4, -0.2) is 58.1 Å². The van der Waals surface area contributed by atoms with Crippen molar-refractivity contribution < 1.29 is 39.7 Å². The lowest BCUT2D eigenvalue weighted by molar-refractivity contribution is 0.0198. The summed E-state index contributed by atoms with van der Waals surface area (Å²) in [6, 6.07) is 11.3. The second-order valence-corrected chi connectivity index (χ2v) is 17.6. The number of aliphatic hydroxyl groups is 3. The lowest BCUT2D eigenvalue weighted by atomic mass is 9.71. The first-order valence-corrected chi connectivity index (χ1v) is 21.7. The van der Waals surface area contributed by atoms with Gasteiger partial charge in [-0.05, 0) is 146 Å². The summed E-state index contributed by atoms with van der Waals surface area (Å²) < 4.78 is 19.3. The van der Waals surface area contributed by atoms with Crippen LogP contribution in [0, 0.1) is 23.7 Å². The Morgan fingerprint density at radius 3 is 2.45 bits per heavy atom. The maximum atomic E-state index is 12.0. The third-order valence-electron chi connectivity index (χ3n) is 13.0. The highest BCUT2D eigenvalue weighted by Crippen LogP contribution is 2.54. The van der Waals surface area contributed by atoms with Crippen molar-refractivity contribution in [2.45, 2.75) is 148 Å². The molecule has 3 aromatic rings. The standard InChI is InChI=1S/C48H68O8/c1-6-7-8-11-30(4)32(13-10-19-49)15-16-33-22-35-24-41(52)36(20-29(2)3)23-38(35)47-45(54-5)27-43-39(46(33)47)26-42(53)48(56-43)34-17-18-40(51)44(25-34)55-37-14-9-12-31(21-37)28-50/h17-18,23-25,27,29-33,37,42,48-53H,6-16,19-22,26,28H2,1-5H3/t30-,31-,32+,33+,37+,42+,48-/m0/s1. The Bertz CT molecular complexity index is 1750. The Labute approximate surface area is 335 Å². The topological polar surface area (TPSA) is 129 Å². The van der Waals surface area contributed by atoms with Gasteiger partial charge in [0.15, 0.2) is 11.5 Å². The van der Waals surface area contributed by atoms with Crippen LogP contribution in [0.3, 0.4) is 0 Å². The van der Waals surface area contributed by atoms with Crippen LogP contribution < -0.4 is 14.2 Å². The summed E-state index contributed by atoms with van der Waals surface area (Å²) in [5, 5.41) is 53.6. The van der Waals surface area contributed by atoms with Crippen molar-refractivity contribution in [1.82, 2.24) is 0 Å². The number of methoxy groups -OCH3 is 1. The van der Waals surface area contributed by atoms with Gasteiger partial charge in [-0.2, -0.15) is 0 Å². The number of phenolic OH excluding ortho intramolecular Hbond substituents is 2. The van der Waals surface area contributed by atoms with Gasteiger partial charge in [-0.25, -0.2) is 0 Å². The number of phenols is 2. The highest BCUT2D eigenvalue weighted by Gasteiger charge is 2.39. The molecule has 0 saturated heterocycles. The molecule has 56 heavy (non-hydrogen) atoms. The minimum atomic E-state index is -0.847. The van der Waals surface area contributed by atoms with Gasteiger partial charge in [-0.3, -0.25) is 0 Å². The molecular formula is C48H68O8. The zero-order chi connectivity index (χ0) is 39.9. The minimum Gasteiger partial charge on any atom is -0.508 e. The van der Waals surface area contributed by atoms with Gasteiger partial charge in [0.05, 0.1) is 19.3 Å². The second-order valence-electron chi connectivity index (χ2n) is 17.6. The maximum absolute atomic E-state index is 12.0. The van der Waals surface area contributed by atoms with E-state index in [4.69, 9.17) is 14.2 Å². The summed E-state index contributed by atoms with van der Waals surface area (Å²) in [6.07, 6.45) is 12.5. The first kappa shape index (κ1) is 42.2. The van der Waals surface area contributed by atoms with Gasteiger partial charge in [0.2, 0.25) is 0 Å². The molecule has 3 aliphatic rings. The number of hydrogen-bond donors (Lipinski definition) is 5. The first-order chi connectivity index (χ1) is 27.0. The zero-order valence-electron chi connectivity index (χ0n) is 34.6. The summed E-state index contributed by atoms with van der Waals surface area (Å²) in [5.74, 6) is 3.92. The van der Waals surface area contributed by atoms with E-state index in [1.165, 1.54) is 31.2 Å². The van der Waals surface area contributed by atoms with Gasteiger partial charge >= 0.3 is 0 Å². The van der Waals surface area contributed by atoms with Crippen LogP contribution in [0.2, 0.25) is 0 Å². The molecule has 308 valence electrons. The molecule has 0 radical (unpaired) electrons. The molecule has 6 rings (SSSR count). The van der Waals surface area contributed by atoms with E-state index in [1.807, 2.05) is 12.1 Å². The summed E-state index contributed by atoms with van der Waals surface area (Å²) >= 11 is 0. The lowest BCUT2D eigenvalue weighted by Gasteiger charge is -2.38. The van der Waals surface area contributed by atoms with Gasteiger partial charge in [0.25, 0.3) is 0 Å². The van der Waals surface area contributed by atoms with Crippen LogP contribution in [0.4, 0.5) is 0 Å². The number of rotatable bonds is 18. The fourth-order valence-electron chi connectivity index (χ4n) is 9.95. The average Bonchev–Trinajstić information content (AvgIpc) is 3.18. The third kappa shape index (κ3) is 9.62. The van der Waals surface area contributed by atoms with Crippen LogP contribution >= 0.6 is 0 Å². The normalized spacial score (nSPS) is 22.8. The van der Waals surface area contributed by atoms with Gasteiger partial charge < -0.3 is 39.7 Å². The molecule has 0 spiro atoms. The molecule has 0 unspecified atom stereocenters. The molecule has 1 aliphatic heterocycles. The Morgan fingerprint density at radius 2 is 1.71 bits per heavy atom. The fourth-order valence-corrected chi connectivity index (χ4v) is 9.95. The Kier molecular flexibility index (Phi) is 14.5. The Hall–Kier alpha value is -3.46. The van der Waals surface area contributed by atoms with Gasteiger partial charge in [0.1, 0.15) is 23.4 Å². The van der Waals surface area contributed by atoms with Crippen molar-refractivity contribution in [3.8, 4) is 39.9 Å². The smallest absolute Gasteiger partial charge is 0.161 e. The van der Waals surface area contributed by atoms with E-state index < -0.39 is 12.2 Å². The average molecular weight is 773 g/mol. The monoisotopic (exact) mass is 772 g/mol. The Morgan fingerprint density at radius 1 is 0.893 bits per heavy atom. The maximum Gasteiger partial charge on any atom is 0.161 e. The van der Waals surface area contributed by atoms with E-state index in [9.17, 15) is 25.5 Å². The van der Waals surface area contributed by atoms with E-state index >= 15 is 0 Å². The van der Waals surface area contributed by atoms with Crippen LogP contribution in [0.25, 0.3) is 11.1 Å². The molecular weight excluding hydrogens is 705 g/mol. The predicted octanol–water partition coefficient (Wildman–Crippen LogP) is 9.96. The van der Waals surface area contributed by atoms with Gasteiger partial charge in [-0.15, -0.1) is 0 Å². The SMILES string of the molecule is CCCCC[C@H](C)[C@H](CCCO)CC[C@@H]1Cc2cc(O)c(CC(C)C)cc2-c2c(OC)cc3c(c21)C[C@@H](O)[C@H](c1ccc(O)c(O[C@@H]2CCC[C@H](CO)C2)c1)O3. The summed E-state index contributed by atoms with van der Waals surface area (Å²) in [5.41, 5.74) is 7.07. The van der Waals surface area contributed by atoms with E-state index in [-0.39, 0.29) is 36.9 Å². The minimum absolute atomic E-state index is 0.0441. The number of hydrogen-bond acceptors (Lipinski definition) is 8. The van der Waals surface area contributed by atoms with Crippen molar-refractivity contribution in [1.29, 1.82) is 0 Å². The molecule has 5 N–H and O–H groups in total. The van der Waals surface area contributed by atoms with E-state index in [2.05, 4.69) is 33.8 Å². The van der Waals surface area contributed by atoms with Crippen molar-refractivity contribution in [2.75, 3.05) is 20.3 Å². The number of benzene rings is 3. The summed E-state index contributed by atoms with van der Waals surface area (Å²) in [4.78, 5) is 0. The molecule has 0 aromatic heterocycles. The van der Waals surface area contributed by atoms with E-state index in [1.54, 1.807) is 25.3 Å². The van der Waals surface area contributed by atoms with Gasteiger partial charge in [0, 0.05) is 36.8 Å². The number of unbranched alkanes of at least 4 members (excludes halogenated alkanes) is 2. The number of aliphatic hydroxyl groups excluding tert-OH is 3. The largest absolute Gasteiger partial charge is 0.508 e. The fraction of sp³-hybridized carbons (Fsp3) is 0.625. The van der Waals surface area contributed by atoms with Crippen molar-refractivity contribution in [2.24, 2.45) is 23.7 Å². The number of fused-ring (bicyclic) bond motifs is 5. The molecule has 1 heterocycles. The van der Waals surface area contributed by atoms with E-state index in [0.29, 0.717) is 41.4 Å². The number of ether oxygens (including phenoxy) is 3. The molecule has 1 saturated carbocycles. The highest BCUT2D eigenvalue weighted by atomic mass is 16.5. The van der Waals surface area contributed by atoms with Crippen LogP contribution in [0.15, 0.2) is 36.4 Å². The second kappa shape index (κ2) is 19.3. The lowest BCUT2D eigenvalue weighted by Crippen LogP contribution is -2.32. The molecule has 3 aromatic carbocycles. The van der Waals surface area contributed by atoms with Crippen molar-refractivity contribution in [3.63, 3.8) is 0 Å². The molecule has 2 aliphatic carbocycles. The molecule has 8 nitrogen and oxygen atoms in total. The third-order valence-corrected chi connectivity index (χ3v) is 13.0. The van der Waals surface area contributed by atoms with E-state index in [0.717, 1.165) is 103 Å². The van der Waals surface area contributed by atoms with Crippen LogP contribution in [0.5, 0.6) is 28.7 Å². The molecule has 1 fully saturated rings. The molecule has 7 atom stereocenters. The quantitative estimate of drug-likeness (QED) is 0.0809.